The van der Waals surface area contributed by atoms with Crippen molar-refractivity contribution in [3.05, 3.63) is 216 Å². The van der Waals surface area contributed by atoms with Crippen molar-refractivity contribution in [1.29, 1.82) is 0 Å². The number of para-hydroxylation sites is 4. The van der Waals surface area contributed by atoms with Crippen LogP contribution >= 0.6 is 14.7 Å². The van der Waals surface area contributed by atoms with Crippen LogP contribution in [0.5, 0.6) is 23.0 Å². The predicted octanol–water partition coefficient (Wildman–Crippen LogP) is 9.48. The molecule has 2 fully saturated rings. The Morgan fingerprint density at radius 3 is 1.18 bits per heavy atom. The van der Waals surface area contributed by atoms with Gasteiger partial charge in [-0.25, -0.2) is 0 Å². The number of fused-ring (bicyclic) bond motifs is 6. The SMILES string of the molecule is CC(C)(c1ccc(OCC(O)CO)c(CN(CP2(=O)Oc3ccccc3-c3ccccc32)c2ccccc2)c1)c1ccc(OCC(O)CO)c(CN(CP2(=O)Oc3ccccc3-c3ccccc32)c2ccccc2)c1.OCC1CO1.OCC1CO1.[Y].[Y]. The average molecular weight is 1370 g/mol. The van der Waals surface area contributed by atoms with Crippen molar-refractivity contribution < 1.29 is 133 Å². The molecule has 0 aliphatic carbocycles. The molecule has 450 valence electrons. The van der Waals surface area contributed by atoms with Gasteiger partial charge >= 0.3 is 0 Å². The summed E-state index contributed by atoms with van der Waals surface area (Å²) in [7, 11) is -7.20. The number of benzene rings is 8. The van der Waals surface area contributed by atoms with Crippen LogP contribution < -0.4 is 38.9 Å². The average Bonchev–Trinajstić information content (AvgIpc) is 1.26. The minimum absolute atomic E-state index is 0. The van der Waals surface area contributed by atoms with Crippen LogP contribution in [-0.2, 0) is 103 Å². The quantitative estimate of drug-likeness (QED) is 0.0275. The molecule has 0 aromatic heterocycles. The van der Waals surface area contributed by atoms with Crippen molar-refractivity contribution >= 4 is 36.7 Å². The first-order valence-corrected chi connectivity index (χ1v) is 31.9. The molecule has 2 saturated heterocycles. The number of hydrogen-bond donors (Lipinski definition) is 6. The second-order valence-corrected chi connectivity index (χ2v) is 26.3. The van der Waals surface area contributed by atoms with Gasteiger partial charge in [-0.05, 0) is 95.1 Å². The van der Waals surface area contributed by atoms with Gasteiger partial charge < -0.3 is 68.4 Å². The van der Waals surface area contributed by atoms with Crippen LogP contribution in [0.2, 0.25) is 0 Å². The van der Waals surface area contributed by atoms with Crippen LogP contribution in [0.3, 0.4) is 0 Å². The Kier molecular flexibility index (Phi) is 24.2. The third-order valence-corrected chi connectivity index (χ3v) is 19.8. The maximum Gasteiger partial charge on any atom is 0.296 e. The summed E-state index contributed by atoms with van der Waals surface area (Å²) in [5, 5.41) is 57.9. The number of epoxide rings is 2. The number of hydrogen-bond acceptors (Lipinski definition) is 16. The minimum atomic E-state index is -3.60. The molecule has 4 aliphatic rings. The van der Waals surface area contributed by atoms with Gasteiger partial charge in [0.25, 0.3) is 14.7 Å². The zero-order valence-electron chi connectivity index (χ0n) is 48.7. The molecule has 0 bridgehead atoms. The van der Waals surface area contributed by atoms with Gasteiger partial charge in [0, 0.05) is 118 Å². The van der Waals surface area contributed by atoms with E-state index >= 15 is 9.13 Å². The van der Waals surface area contributed by atoms with Gasteiger partial charge in [-0.15, -0.1) is 0 Å². The molecule has 0 saturated carbocycles. The Balaban J connectivity index is 0.000000744. The fourth-order valence-corrected chi connectivity index (χ4v) is 14.9. The molecule has 4 heterocycles. The van der Waals surface area contributed by atoms with E-state index in [4.69, 9.17) is 28.7 Å². The molecule has 0 amide bonds. The molecule has 6 atom stereocenters. The van der Waals surface area contributed by atoms with Crippen LogP contribution in [0.15, 0.2) is 194 Å². The van der Waals surface area contributed by atoms with Gasteiger partial charge in [-0.1, -0.05) is 135 Å². The monoisotopic (exact) mass is 1370 g/mol. The van der Waals surface area contributed by atoms with E-state index in [9.17, 15) is 20.4 Å². The Bertz CT molecular complexity index is 3400. The van der Waals surface area contributed by atoms with E-state index in [0.717, 1.165) is 69.1 Å². The van der Waals surface area contributed by atoms with Crippen LogP contribution in [0.1, 0.15) is 36.1 Å². The first-order chi connectivity index (χ1) is 41.2. The Morgan fingerprint density at radius 2 is 0.839 bits per heavy atom. The Labute approximate surface area is 558 Å². The number of anilines is 2. The summed E-state index contributed by atoms with van der Waals surface area (Å²) >= 11 is 0. The number of rotatable bonds is 22. The van der Waals surface area contributed by atoms with Crippen molar-refractivity contribution in [2.45, 2.75) is 56.8 Å². The van der Waals surface area contributed by atoms with Crippen molar-refractivity contribution in [3.8, 4) is 45.3 Å². The summed E-state index contributed by atoms with van der Waals surface area (Å²) in [4.78, 5) is 4.07. The van der Waals surface area contributed by atoms with E-state index < -0.39 is 45.6 Å². The summed E-state index contributed by atoms with van der Waals surface area (Å²) in [6, 6.07) is 62.0. The van der Waals surface area contributed by atoms with Crippen molar-refractivity contribution in [2.24, 2.45) is 0 Å². The van der Waals surface area contributed by atoms with Gasteiger partial charge in [-0.2, -0.15) is 0 Å². The summed E-state index contributed by atoms with van der Waals surface area (Å²) < 4.78 is 65.8. The van der Waals surface area contributed by atoms with E-state index in [1.165, 1.54) is 0 Å². The second kappa shape index (κ2) is 31.1. The summed E-state index contributed by atoms with van der Waals surface area (Å²) in [5.41, 5.74) is 7.68. The molecule has 87 heavy (non-hydrogen) atoms. The predicted molar refractivity (Wildman–Crippen MR) is 330 cm³/mol. The second-order valence-electron chi connectivity index (χ2n) is 21.7. The standard InChI is InChI=1S/C61H60N2O10P2.2C3H6O2.2Y/c1-61(2,45-29-31-55(70-39-49(66)37-64)43(33-45)35-62(47-17-5-3-6-18-47)41-74(68)59-27-15-11-23-53(59)51-21-9-13-25-57(51)72-74)46-30-32-56(71-40-50(67)38-65)44(34-46)36-63(48-19-7-4-8-20-48)42-75(69)60-28-16-12-24-54(60)52-22-10-14-26-58(52)73-75;2*4-1-3-2-5-3;;/h3-34,49-50,64-67H,35-42H2,1-2H3;2*3-4H,1-2H2;;. The Hall–Kier alpha value is -5.09. The van der Waals surface area contributed by atoms with Crippen LogP contribution in [-0.4, -0.2) is 120 Å². The fraction of sp³-hybridized carbons (Fsp3) is 0.284. The van der Waals surface area contributed by atoms with E-state index in [-0.39, 0.29) is 130 Å². The first-order valence-electron chi connectivity index (χ1n) is 28.3. The van der Waals surface area contributed by atoms with Crippen molar-refractivity contribution in [2.75, 3.05) is 75.2 Å². The first kappa shape index (κ1) is 67.8. The van der Waals surface area contributed by atoms with Gasteiger partial charge in [0.15, 0.2) is 0 Å². The molecule has 4 aliphatic heterocycles. The molecule has 12 rings (SSSR count). The van der Waals surface area contributed by atoms with Crippen LogP contribution in [0.4, 0.5) is 11.4 Å². The summed E-state index contributed by atoms with van der Waals surface area (Å²) in [5.74, 6) is 2.06. The summed E-state index contributed by atoms with van der Waals surface area (Å²) in [6.07, 6.45) is -1.81. The van der Waals surface area contributed by atoms with E-state index in [2.05, 4.69) is 35.5 Å². The van der Waals surface area contributed by atoms with Crippen molar-refractivity contribution in [1.82, 2.24) is 0 Å². The molecule has 8 aromatic rings. The van der Waals surface area contributed by atoms with E-state index in [0.29, 0.717) is 33.6 Å². The molecule has 6 N–H and O–H groups in total. The minimum Gasteiger partial charge on any atom is -0.490 e. The zero-order chi connectivity index (χ0) is 59.6. The maximum absolute atomic E-state index is 15.5. The zero-order valence-corrected chi connectivity index (χ0v) is 56.1. The maximum atomic E-state index is 15.5. The third kappa shape index (κ3) is 16.9. The van der Waals surface area contributed by atoms with E-state index in [1.54, 1.807) is 0 Å². The summed E-state index contributed by atoms with van der Waals surface area (Å²) in [6.45, 7) is 5.32. The number of nitrogens with zero attached hydrogens (tertiary/aromatic N) is 2. The number of aliphatic hydroxyl groups excluding tert-OH is 6. The molecule has 6 unspecified atom stereocenters. The van der Waals surface area contributed by atoms with Gasteiger partial charge in [0.1, 0.15) is 73.2 Å². The fourth-order valence-electron chi connectivity index (χ4n) is 10.2. The van der Waals surface area contributed by atoms with Crippen LogP contribution in [0.25, 0.3) is 22.3 Å². The molecule has 8 aromatic carbocycles. The molecule has 20 heteroatoms. The van der Waals surface area contributed by atoms with Gasteiger partial charge in [0.2, 0.25) is 0 Å². The van der Waals surface area contributed by atoms with Crippen molar-refractivity contribution in [3.63, 3.8) is 0 Å². The normalized spacial score (nSPS) is 18.7. The van der Waals surface area contributed by atoms with Gasteiger partial charge in [-0.3, -0.25) is 9.13 Å². The molecule has 2 radical (unpaired) electrons. The molecule has 16 nitrogen and oxygen atoms in total. The largest absolute Gasteiger partial charge is 0.490 e. The van der Waals surface area contributed by atoms with E-state index in [1.807, 2.05) is 192 Å². The smallest absolute Gasteiger partial charge is 0.296 e. The number of ether oxygens (including phenoxy) is 4. The van der Waals surface area contributed by atoms with Gasteiger partial charge in [0.05, 0.1) is 50.3 Å². The van der Waals surface area contributed by atoms with Crippen LogP contribution in [0, 0.1) is 0 Å². The topological polar surface area (TPSA) is 224 Å². The molecule has 0 spiro atoms. The third-order valence-electron chi connectivity index (χ3n) is 15.1. The Morgan fingerprint density at radius 1 is 0.494 bits per heavy atom. The number of aliphatic hydroxyl groups is 6. The molecular weight excluding hydrogens is 1300 g/mol. The molecular formula is C67H72N2O14P2Y2.